The minimum atomic E-state index is -0.499. The highest BCUT2D eigenvalue weighted by Gasteiger charge is 2.21. The van der Waals surface area contributed by atoms with E-state index in [1.165, 1.54) is 0 Å². The van der Waals surface area contributed by atoms with Crippen LogP contribution >= 0.6 is 11.8 Å². The molecule has 0 aliphatic carbocycles. The van der Waals surface area contributed by atoms with Crippen molar-refractivity contribution in [3.05, 3.63) is 24.3 Å². The Labute approximate surface area is 128 Å². The van der Waals surface area contributed by atoms with E-state index >= 15 is 0 Å². The summed E-state index contributed by atoms with van der Waals surface area (Å²) in [6.07, 6.45) is 2.64. The standard InChI is InChI=1S/C14H20N4O2S/c1-21-9-6-12(15)13(19)17-10-2-4-11(5-3-10)18-8-7-16-14(18)20/h2-5,12H,6-9,15H2,1H3,(H,16,20)(H,17,19)/t12-/m0/s1. The van der Waals surface area contributed by atoms with Crippen LogP contribution in [0.1, 0.15) is 6.42 Å². The van der Waals surface area contributed by atoms with Gasteiger partial charge in [-0.1, -0.05) is 0 Å². The highest BCUT2D eigenvalue weighted by Crippen LogP contribution is 2.19. The van der Waals surface area contributed by atoms with Crippen LogP contribution in [0.5, 0.6) is 0 Å². The maximum Gasteiger partial charge on any atom is 0.321 e. The molecule has 1 heterocycles. The third-order valence-corrected chi connectivity index (χ3v) is 3.92. The summed E-state index contributed by atoms with van der Waals surface area (Å²) in [7, 11) is 0. The number of carbonyl (C=O) groups excluding carboxylic acids is 2. The lowest BCUT2D eigenvalue weighted by Crippen LogP contribution is -2.36. The van der Waals surface area contributed by atoms with Crippen LogP contribution in [0.4, 0.5) is 16.2 Å². The van der Waals surface area contributed by atoms with Gasteiger partial charge in [0.1, 0.15) is 0 Å². The molecule has 0 aromatic heterocycles. The Kier molecular flexibility index (Phi) is 5.46. The molecule has 1 aliphatic heterocycles. The van der Waals surface area contributed by atoms with Crippen molar-refractivity contribution in [2.75, 3.05) is 35.3 Å². The fraction of sp³-hybridized carbons (Fsp3) is 0.429. The van der Waals surface area contributed by atoms with Crippen molar-refractivity contribution in [2.24, 2.45) is 5.73 Å². The molecule has 0 unspecified atom stereocenters. The lowest BCUT2D eigenvalue weighted by atomic mass is 10.2. The SMILES string of the molecule is CSCC[C@H](N)C(=O)Nc1ccc(N2CCNC2=O)cc1. The number of nitrogens with one attached hydrogen (secondary N) is 2. The molecule has 21 heavy (non-hydrogen) atoms. The molecule has 0 spiro atoms. The lowest BCUT2D eigenvalue weighted by molar-refractivity contribution is -0.117. The van der Waals surface area contributed by atoms with Gasteiger partial charge in [-0.2, -0.15) is 11.8 Å². The number of urea groups is 1. The number of amides is 3. The first-order chi connectivity index (χ1) is 10.1. The predicted octanol–water partition coefficient (Wildman–Crippen LogP) is 1.24. The van der Waals surface area contributed by atoms with E-state index in [-0.39, 0.29) is 11.9 Å². The van der Waals surface area contributed by atoms with Gasteiger partial charge in [0.25, 0.3) is 0 Å². The Bertz CT molecular complexity index is 506. The van der Waals surface area contributed by atoms with E-state index in [9.17, 15) is 9.59 Å². The Morgan fingerprint density at radius 1 is 1.48 bits per heavy atom. The van der Waals surface area contributed by atoms with Crippen molar-refractivity contribution in [3.8, 4) is 0 Å². The number of hydrogen-bond donors (Lipinski definition) is 3. The number of nitrogens with zero attached hydrogens (tertiary/aromatic N) is 1. The number of nitrogens with two attached hydrogens (primary N) is 1. The summed E-state index contributed by atoms with van der Waals surface area (Å²) in [5.74, 6) is 0.674. The van der Waals surface area contributed by atoms with Crippen molar-refractivity contribution in [1.82, 2.24) is 5.32 Å². The van der Waals surface area contributed by atoms with Crippen LogP contribution in [-0.2, 0) is 4.79 Å². The monoisotopic (exact) mass is 308 g/mol. The van der Waals surface area contributed by atoms with Crippen LogP contribution in [0, 0.1) is 0 Å². The summed E-state index contributed by atoms with van der Waals surface area (Å²) in [5, 5.41) is 5.54. The Balaban J connectivity index is 1.93. The van der Waals surface area contributed by atoms with Gasteiger partial charge < -0.3 is 16.4 Å². The van der Waals surface area contributed by atoms with Gasteiger partial charge >= 0.3 is 6.03 Å². The highest BCUT2D eigenvalue weighted by atomic mass is 32.2. The molecule has 2 rings (SSSR count). The number of carbonyl (C=O) groups is 2. The van der Waals surface area contributed by atoms with Gasteiger partial charge in [-0.25, -0.2) is 4.79 Å². The van der Waals surface area contributed by atoms with E-state index in [1.807, 2.05) is 18.4 Å². The number of anilines is 2. The first kappa shape index (κ1) is 15.7. The number of benzene rings is 1. The van der Waals surface area contributed by atoms with Crippen LogP contribution in [0.2, 0.25) is 0 Å². The largest absolute Gasteiger partial charge is 0.336 e. The van der Waals surface area contributed by atoms with Crippen molar-refractivity contribution in [2.45, 2.75) is 12.5 Å². The first-order valence-electron chi connectivity index (χ1n) is 6.82. The summed E-state index contributed by atoms with van der Waals surface area (Å²) in [4.78, 5) is 25.1. The number of hydrogen-bond acceptors (Lipinski definition) is 4. The van der Waals surface area contributed by atoms with Crippen molar-refractivity contribution >= 4 is 35.1 Å². The molecule has 114 valence electrons. The molecule has 1 aromatic rings. The van der Waals surface area contributed by atoms with Crippen molar-refractivity contribution < 1.29 is 9.59 Å². The van der Waals surface area contributed by atoms with Gasteiger partial charge in [0, 0.05) is 24.5 Å². The molecule has 1 saturated heterocycles. The average Bonchev–Trinajstić information content (AvgIpc) is 2.91. The van der Waals surface area contributed by atoms with Gasteiger partial charge in [0.2, 0.25) is 5.91 Å². The summed E-state index contributed by atoms with van der Waals surface area (Å²) < 4.78 is 0. The minimum Gasteiger partial charge on any atom is -0.336 e. The molecule has 3 amide bonds. The van der Waals surface area contributed by atoms with E-state index in [1.54, 1.807) is 28.8 Å². The molecule has 1 fully saturated rings. The Hall–Kier alpha value is -1.73. The summed E-state index contributed by atoms with van der Waals surface area (Å²) >= 11 is 1.67. The van der Waals surface area contributed by atoms with E-state index in [0.717, 1.165) is 11.4 Å². The fourth-order valence-corrected chi connectivity index (χ4v) is 2.54. The molecule has 1 atom stereocenters. The first-order valence-corrected chi connectivity index (χ1v) is 8.22. The van der Waals surface area contributed by atoms with Gasteiger partial charge in [-0.05, 0) is 42.7 Å². The number of rotatable bonds is 6. The third kappa shape index (κ3) is 4.12. The van der Waals surface area contributed by atoms with Gasteiger partial charge in [0.15, 0.2) is 0 Å². The summed E-state index contributed by atoms with van der Waals surface area (Å²) in [6.45, 7) is 1.31. The van der Waals surface area contributed by atoms with Crippen molar-refractivity contribution in [1.29, 1.82) is 0 Å². The minimum absolute atomic E-state index is 0.0918. The van der Waals surface area contributed by atoms with Crippen molar-refractivity contribution in [3.63, 3.8) is 0 Å². The smallest absolute Gasteiger partial charge is 0.321 e. The average molecular weight is 308 g/mol. The molecular weight excluding hydrogens is 288 g/mol. The molecule has 0 saturated carbocycles. The third-order valence-electron chi connectivity index (χ3n) is 3.27. The lowest BCUT2D eigenvalue weighted by Gasteiger charge is -2.15. The number of thioether (sulfide) groups is 1. The topological polar surface area (TPSA) is 87.5 Å². The quantitative estimate of drug-likeness (QED) is 0.738. The van der Waals surface area contributed by atoms with Gasteiger partial charge in [-0.15, -0.1) is 0 Å². The molecule has 6 nitrogen and oxygen atoms in total. The van der Waals surface area contributed by atoms with E-state index in [2.05, 4.69) is 10.6 Å². The molecule has 1 aliphatic rings. The van der Waals surface area contributed by atoms with Crippen LogP contribution in [0.25, 0.3) is 0 Å². The van der Waals surface area contributed by atoms with Crippen LogP contribution in [0.15, 0.2) is 24.3 Å². The van der Waals surface area contributed by atoms with E-state index in [0.29, 0.717) is 25.2 Å². The van der Waals surface area contributed by atoms with Crippen LogP contribution in [0.3, 0.4) is 0 Å². The zero-order valence-electron chi connectivity index (χ0n) is 12.0. The second kappa shape index (κ2) is 7.33. The maximum atomic E-state index is 11.9. The predicted molar refractivity (Wildman–Crippen MR) is 86.8 cm³/mol. The molecule has 4 N–H and O–H groups in total. The molecule has 0 radical (unpaired) electrons. The molecule has 0 bridgehead atoms. The zero-order valence-corrected chi connectivity index (χ0v) is 12.8. The molecular formula is C14H20N4O2S. The van der Waals surface area contributed by atoms with Crippen LogP contribution in [-0.4, -0.2) is 43.1 Å². The molecule has 1 aromatic carbocycles. The van der Waals surface area contributed by atoms with Gasteiger partial charge in [0.05, 0.1) is 6.04 Å². The second-order valence-electron chi connectivity index (χ2n) is 4.81. The van der Waals surface area contributed by atoms with E-state index in [4.69, 9.17) is 5.73 Å². The Morgan fingerprint density at radius 2 is 2.19 bits per heavy atom. The second-order valence-corrected chi connectivity index (χ2v) is 5.79. The van der Waals surface area contributed by atoms with Gasteiger partial charge in [-0.3, -0.25) is 9.69 Å². The molecule has 7 heteroatoms. The highest BCUT2D eigenvalue weighted by molar-refractivity contribution is 7.98. The van der Waals surface area contributed by atoms with E-state index < -0.39 is 6.04 Å². The summed E-state index contributed by atoms with van der Waals surface area (Å²) in [5.41, 5.74) is 7.31. The maximum absolute atomic E-state index is 11.9. The Morgan fingerprint density at radius 3 is 2.76 bits per heavy atom. The fourth-order valence-electron chi connectivity index (χ4n) is 2.05. The zero-order chi connectivity index (χ0) is 15.2. The van der Waals surface area contributed by atoms with Crippen LogP contribution < -0.4 is 21.3 Å². The summed E-state index contributed by atoms with van der Waals surface area (Å²) in [6, 6.07) is 6.59. The normalized spacial score (nSPS) is 15.7.